The minimum absolute atomic E-state index is 0.0254. The molecule has 2 rings (SSSR count). The standard InChI is InChI=1S/C13H20N2OS/c1-10-8-14-13(2,3)9-15(10)12(16)7-11-5-4-6-17-11/h4-6,10,14H,7-9H2,1-3H3. The van der Waals surface area contributed by atoms with E-state index in [0.29, 0.717) is 6.42 Å². The molecular formula is C13H20N2OS. The minimum Gasteiger partial charge on any atom is -0.337 e. The maximum absolute atomic E-state index is 12.3. The molecule has 3 nitrogen and oxygen atoms in total. The van der Waals surface area contributed by atoms with E-state index < -0.39 is 0 Å². The van der Waals surface area contributed by atoms with Crippen LogP contribution in [-0.4, -0.2) is 35.5 Å². The highest BCUT2D eigenvalue weighted by molar-refractivity contribution is 7.10. The van der Waals surface area contributed by atoms with E-state index in [1.807, 2.05) is 22.4 Å². The van der Waals surface area contributed by atoms with Gasteiger partial charge in [0.1, 0.15) is 0 Å². The van der Waals surface area contributed by atoms with E-state index in [2.05, 4.69) is 26.1 Å². The van der Waals surface area contributed by atoms with E-state index in [0.717, 1.165) is 18.0 Å². The minimum atomic E-state index is 0.0254. The number of hydrogen-bond donors (Lipinski definition) is 1. The lowest BCUT2D eigenvalue weighted by atomic mass is 9.99. The van der Waals surface area contributed by atoms with Gasteiger partial charge in [0.2, 0.25) is 5.91 Å². The summed E-state index contributed by atoms with van der Waals surface area (Å²) in [5, 5.41) is 5.48. The fraction of sp³-hybridized carbons (Fsp3) is 0.615. The van der Waals surface area contributed by atoms with Crippen molar-refractivity contribution in [1.29, 1.82) is 0 Å². The maximum Gasteiger partial charge on any atom is 0.228 e. The quantitative estimate of drug-likeness (QED) is 0.872. The molecule has 1 unspecified atom stereocenters. The van der Waals surface area contributed by atoms with E-state index in [1.165, 1.54) is 0 Å². The maximum atomic E-state index is 12.3. The number of amides is 1. The summed E-state index contributed by atoms with van der Waals surface area (Å²) in [5.41, 5.74) is 0.0254. The molecule has 1 aliphatic heterocycles. The monoisotopic (exact) mass is 252 g/mol. The topological polar surface area (TPSA) is 32.3 Å². The molecule has 2 heterocycles. The zero-order chi connectivity index (χ0) is 12.5. The highest BCUT2D eigenvalue weighted by atomic mass is 32.1. The van der Waals surface area contributed by atoms with Crippen LogP contribution in [0.5, 0.6) is 0 Å². The smallest absolute Gasteiger partial charge is 0.228 e. The van der Waals surface area contributed by atoms with Crippen LogP contribution in [0.3, 0.4) is 0 Å². The van der Waals surface area contributed by atoms with Gasteiger partial charge in [-0.15, -0.1) is 11.3 Å². The van der Waals surface area contributed by atoms with Gasteiger partial charge in [-0.3, -0.25) is 4.79 Å². The summed E-state index contributed by atoms with van der Waals surface area (Å²) < 4.78 is 0. The third-order valence-electron chi connectivity index (χ3n) is 3.20. The number of carbonyl (C=O) groups is 1. The van der Waals surface area contributed by atoms with E-state index in [1.54, 1.807) is 11.3 Å². The molecule has 1 aromatic rings. The van der Waals surface area contributed by atoms with Gasteiger partial charge in [-0.2, -0.15) is 0 Å². The molecule has 1 aromatic heterocycles. The van der Waals surface area contributed by atoms with Crippen LogP contribution in [0, 0.1) is 0 Å². The third-order valence-corrected chi connectivity index (χ3v) is 4.08. The Morgan fingerprint density at radius 1 is 1.65 bits per heavy atom. The first-order chi connectivity index (χ1) is 7.98. The Balaban J connectivity index is 2.02. The number of nitrogens with zero attached hydrogens (tertiary/aromatic N) is 1. The molecule has 0 bridgehead atoms. The lowest BCUT2D eigenvalue weighted by Crippen LogP contribution is -2.62. The summed E-state index contributed by atoms with van der Waals surface area (Å²) in [4.78, 5) is 15.4. The van der Waals surface area contributed by atoms with Crippen molar-refractivity contribution in [2.45, 2.75) is 38.8 Å². The molecule has 94 valence electrons. The molecular weight excluding hydrogens is 232 g/mol. The summed E-state index contributed by atoms with van der Waals surface area (Å²) in [6.07, 6.45) is 0.540. The van der Waals surface area contributed by atoms with Gasteiger partial charge in [0.15, 0.2) is 0 Å². The summed E-state index contributed by atoms with van der Waals surface area (Å²) in [5.74, 6) is 0.245. The van der Waals surface area contributed by atoms with Crippen LogP contribution in [0.25, 0.3) is 0 Å². The molecule has 0 radical (unpaired) electrons. The largest absolute Gasteiger partial charge is 0.337 e. The van der Waals surface area contributed by atoms with Crippen molar-refractivity contribution >= 4 is 17.2 Å². The highest BCUT2D eigenvalue weighted by Crippen LogP contribution is 2.17. The average Bonchev–Trinajstić information content (AvgIpc) is 2.74. The molecule has 0 saturated carbocycles. The zero-order valence-corrected chi connectivity index (χ0v) is 11.5. The first kappa shape index (κ1) is 12.6. The normalized spacial score (nSPS) is 23.7. The third kappa shape index (κ3) is 3.07. The van der Waals surface area contributed by atoms with Crippen molar-refractivity contribution in [3.63, 3.8) is 0 Å². The van der Waals surface area contributed by atoms with Gasteiger partial charge in [-0.25, -0.2) is 0 Å². The predicted octanol–water partition coefficient (Wildman–Crippen LogP) is 1.89. The molecule has 1 amide bonds. The number of piperazine rings is 1. The van der Waals surface area contributed by atoms with Gasteiger partial charge in [0.25, 0.3) is 0 Å². The van der Waals surface area contributed by atoms with Crippen molar-refractivity contribution in [1.82, 2.24) is 10.2 Å². The predicted molar refractivity (Wildman–Crippen MR) is 71.3 cm³/mol. The zero-order valence-electron chi connectivity index (χ0n) is 10.7. The molecule has 17 heavy (non-hydrogen) atoms. The Morgan fingerprint density at radius 2 is 2.41 bits per heavy atom. The highest BCUT2D eigenvalue weighted by Gasteiger charge is 2.32. The molecule has 4 heteroatoms. The van der Waals surface area contributed by atoms with Crippen molar-refractivity contribution < 1.29 is 4.79 Å². The molecule has 1 saturated heterocycles. The Labute approximate surface area is 107 Å². The number of hydrogen-bond acceptors (Lipinski definition) is 3. The van der Waals surface area contributed by atoms with Crippen LogP contribution < -0.4 is 5.32 Å². The Bertz CT molecular complexity index is 386. The van der Waals surface area contributed by atoms with Crippen LogP contribution >= 0.6 is 11.3 Å². The first-order valence-corrected chi connectivity index (χ1v) is 6.93. The van der Waals surface area contributed by atoms with Crippen molar-refractivity contribution in [2.75, 3.05) is 13.1 Å². The molecule has 1 aliphatic rings. The van der Waals surface area contributed by atoms with Crippen LogP contribution in [0.15, 0.2) is 17.5 Å². The lowest BCUT2D eigenvalue weighted by molar-refractivity contribution is -0.135. The second kappa shape index (κ2) is 4.78. The van der Waals surface area contributed by atoms with Gasteiger partial charge in [-0.05, 0) is 32.2 Å². The van der Waals surface area contributed by atoms with Crippen molar-refractivity contribution in [2.24, 2.45) is 0 Å². The molecule has 1 atom stereocenters. The van der Waals surface area contributed by atoms with Gasteiger partial charge < -0.3 is 10.2 Å². The average molecular weight is 252 g/mol. The molecule has 1 fully saturated rings. The Hall–Kier alpha value is -0.870. The molecule has 0 spiro atoms. The second-order valence-corrected chi connectivity index (χ2v) is 6.42. The van der Waals surface area contributed by atoms with E-state index >= 15 is 0 Å². The molecule has 1 N–H and O–H groups in total. The van der Waals surface area contributed by atoms with E-state index in [9.17, 15) is 4.79 Å². The van der Waals surface area contributed by atoms with Crippen LogP contribution in [-0.2, 0) is 11.2 Å². The van der Waals surface area contributed by atoms with Crippen molar-refractivity contribution in [3.8, 4) is 0 Å². The lowest BCUT2D eigenvalue weighted by Gasteiger charge is -2.43. The summed E-state index contributed by atoms with van der Waals surface area (Å²) in [6.45, 7) is 8.06. The van der Waals surface area contributed by atoms with Gasteiger partial charge in [0.05, 0.1) is 6.42 Å². The van der Waals surface area contributed by atoms with Crippen LogP contribution in [0.1, 0.15) is 25.6 Å². The summed E-state index contributed by atoms with van der Waals surface area (Å²) >= 11 is 1.65. The van der Waals surface area contributed by atoms with E-state index in [4.69, 9.17) is 0 Å². The molecule has 0 aliphatic carbocycles. The number of thiophene rings is 1. The van der Waals surface area contributed by atoms with Gasteiger partial charge in [0, 0.05) is 29.5 Å². The number of carbonyl (C=O) groups excluding carboxylic acids is 1. The SMILES string of the molecule is CC1CNC(C)(C)CN1C(=O)Cc1cccs1. The Kier molecular flexibility index (Phi) is 3.54. The van der Waals surface area contributed by atoms with Gasteiger partial charge >= 0.3 is 0 Å². The number of rotatable bonds is 2. The van der Waals surface area contributed by atoms with E-state index in [-0.39, 0.29) is 17.5 Å². The van der Waals surface area contributed by atoms with Crippen LogP contribution in [0.4, 0.5) is 0 Å². The fourth-order valence-corrected chi connectivity index (χ4v) is 2.87. The summed E-state index contributed by atoms with van der Waals surface area (Å²) in [7, 11) is 0. The van der Waals surface area contributed by atoms with Crippen LogP contribution in [0.2, 0.25) is 0 Å². The van der Waals surface area contributed by atoms with Crippen molar-refractivity contribution in [3.05, 3.63) is 22.4 Å². The fourth-order valence-electron chi connectivity index (χ4n) is 2.17. The molecule has 0 aromatic carbocycles. The first-order valence-electron chi connectivity index (χ1n) is 6.05. The Morgan fingerprint density at radius 3 is 3.06 bits per heavy atom. The number of nitrogens with one attached hydrogen (secondary N) is 1. The summed E-state index contributed by atoms with van der Waals surface area (Å²) in [6, 6.07) is 4.31. The van der Waals surface area contributed by atoms with Gasteiger partial charge in [-0.1, -0.05) is 6.07 Å². The second-order valence-electron chi connectivity index (χ2n) is 5.39.